The van der Waals surface area contributed by atoms with Crippen LogP contribution in [0.3, 0.4) is 0 Å². The van der Waals surface area contributed by atoms with E-state index in [0.29, 0.717) is 22.7 Å². The maximum Gasteiger partial charge on any atom is 0.185 e. The third kappa shape index (κ3) is 5.38. The molecule has 3 N–H and O–H groups in total. The van der Waals surface area contributed by atoms with Crippen molar-refractivity contribution in [2.24, 2.45) is 0 Å². The topological polar surface area (TPSA) is 72.6 Å². The Bertz CT molecular complexity index is 836. The highest BCUT2D eigenvalue weighted by atomic mass is 16.5. The fourth-order valence-electron chi connectivity index (χ4n) is 3.15. The average molecular weight is 382 g/mol. The lowest BCUT2D eigenvalue weighted by Crippen LogP contribution is -2.10. The van der Waals surface area contributed by atoms with E-state index in [-0.39, 0.29) is 11.9 Å². The van der Waals surface area contributed by atoms with Crippen LogP contribution in [0.2, 0.25) is 0 Å². The molecule has 2 rings (SSSR count). The summed E-state index contributed by atoms with van der Waals surface area (Å²) < 4.78 is 6.06. The lowest BCUT2D eigenvalue weighted by Gasteiger charge is -2.20. The quantitative estimate of drug-likeness (QED) is 0.339. The van der Waals surface area contributed by atoms with Gasteiger partial charge in [0.05, 0.1) is 6.10 Å². The minimum absolute atomic E-state index is 0.0352. The van der Waals surface area contributed by atoms with Gasteiger partial charge in [0.2, 0.25) is 0 Å². The highest BCUT2D eigenvalue weighted by Crippen LogP contribution is 2.38. The molecule has 0 spiro atoms. The molecule has 0 fully saturated rings. The van der Waals surface area contributed by atoms with Crippen LogP contribution in [0.4, 0.5) is 5.69 Å². The number of anilines is 1. The Morgan fingerprint density at radius 3 is 2.36 bits per heavy atom. The highest BCUT2D eigenvalue weighted by Gasteiger charge is 2.18. The van der Waals surface area contributed by atoms with E-state index in [1.54, 1.807) is 36.4 Å². The fourth-order valence-corrected chi connectivity index (χ4v) is 3.15. The summed E-state index contributed by atoms with van der Waals surface area (Å²) >= 11 is 0. The molecule has 0 radical (unpaired) electrons. The van der Waals surface area contributed by atoms with Crippen molar-refractivity contribution < 1.29 is 14.6 Å². The standard InChI is InChI=1S/C24H31NO3/c1-5-7-18-15-19(11-14-22(26)17-9-12-20(25)13-10-17)24(28-16(3)4)21(8-6-2)23(18)27/h9-16,27H,5-8,25H2,1-4H3/b14-11+. The number of allylic oxidation sites excluding steroid dienone is 1. The molecule has 150 valence electrons. The van der Waals surface area contributed by atoms with Gasteiger partial charge in [-0.3, -0.25) is 4.79 Å². The number of rotatable bonds is 9. The van der Waals surface area contributed by atoms with Crippen molar-refractivity contribution in [3.8, 4) is 11.5 Å². The summed E-state index contributed by atoms with van der Waals surface area (Å²) in [6.07, 6.45) is 6.62. The number of aryl methyl sites for hydroxylation is 1. The average Bonchev–Trinajstić information content (AvgIpc) is 2.66. The molecule has 0 amide bonds. The molecule has 0 saturated heterocycles. The number of aromatic hydroxyl groups is 1. The van der Waals surface area contributed by atoms with Crippen LogP contribution < -0.4 is 10.5 Å². The van der Waals surface area contributed by atoms with Crippen LogP contribution in [0.1, 0.15) is 67.6 Å². The molecule has 28 heavy (non-hydrogen) atoms. The molecular weight excluding hydrogens is 350 g/mol. The molecule has 0 bridgehead atoms. The Labute approximate surface area is 168 Å². The first-order valence-corrected chi connectivity index (χ1v) is 9.99. The summed E-state index contributed by atoms with van der Waals surface area (Å²) in [6, 6.07) is 8.80. The number of benzene rings is 2. The molecule has 0 aliphatic rings. The first-order valence-electron chi connectivity index (χ1n) is 9.99. The van der Waals surface area contributed by atoms with E-state index in [4.69, 9.17) is 10.5 Å². The third-order valence-corrected chi connectivity index (χ3v) is 4.44. The smallest absolute Gasteiger partial charge is 0.185 e. The van der Waals surface area contributed by atoms with E-state index in [2.05, 4.69) is 13.8 Å². The van der Waals surface area contributed by atoms with Crippen molar-refractivity contribution in [1.82, 2.24) is 0 Å². The van der Waals surface area contributed by atoms with Crippen molar-refractivity contribution in [2.75, 3.05) is 5.73 Å². The van der Waals surface area contributed by atoms with Gasteiger partial charge >= 0.3 is 0 Å². The summed E-state index contributed by atoms with van der Waals surface area (Å²) in [5.74, 6) is 0.884. The zero-order valence-corrected chi connectivity index (χ0v) is 17.3. The number of phenolic OH excluding ortho intramolecular Hbond substituents is 1. The predicted octanol–water partition coefficient (Wildman–Crippen LogP) is 5.56. The van der Waals surface area contributed by atoms with Crippen LogP contribution in [-0.2, 0) is 12.8 Å². The Hall–Kier alpha value is -2.75. The number of ether oxygens (including phenoxy) is 1. The van der Waals surface area contributed by atoms with E-state index in [0.717, 1.165) is 42.4 Å². The minimum atomic E-state index is -0.0994. The summed E-state index contributed by atoms with van der Waals surface area (Å²) in [4.78, 5) is 12.5. The number of nitrogen functional groups attached to an aromatic ring is 1. The highest BCUT2D eigenvalue weighted by molar-refractivity contribution is 6.07. The molecule has 4 heteroatoms. The molecule has 0 saturated carbocycles. The van der Waals surface area contributed by atoms with Crippen molar-refractivity contribution in [3.63, 3.8) is 0 Å². The van der Waals surface area contributed by atoms with E-state index in [9.17, 15) is 9.90 Å². The zero-order valence-electron chi connectivity index (χ0n) is 17.3. The number of carbonyl (C=O) groups is 1. The largest absolute Gasteiger partial charge is 0.507 e. The molecule has 0 aliphatic heterocycles. The Balaban J connectivity index is 2.49. The molecule has 0 atom stereocenters. The van der Waals surface area contributed by atoms with Crippen LogP contribution >= 0.6 is 0 Å². The van der Waals surface area contributed by atoms with Gasteiger partial charge in [0.1, 0.15) is 11.5 Å². The van der Waals surface area contributed by atoms with Crippen LogP contribution in [0, 0.1) is 0 Å². The Morgan fingerprint density at radius 2 is 1.79 bits per heavy atom. The molecule has 4 nitrogen and oxygen atoms in total. The van der Waals surface area contributed by atoms with E-state index in [1.807, 2.05) is 19.9 Å². The van der Waals surface area contributed by atoms with Crippen molar-refractivity contribution in [2.45, 2.75) is 59.5 Å². The van der Waals surface area contributed by atoms with Crippen LogP contribution in [-0.4, -0.2) is 17.0 Å². The number of carbonyl (C=O) groups excluding carboxylic acids is 1. The van der Waals surface area contributed by atoms with Crippen LogP contribution in [0.5, 0.6) is 11.5 Å². The summed E-state index contributed by atoms with van der Waals surface area (Å²) in [5.41, 5.74) is 9.43. The van der Waals surface area contributed by atoms with Gasteiger partial charge in [0.15, 0.2) is 5.78 Å². The molecule has 0 unspecified atom stereocenters. The van der Waals surface area contributed by atoms with Crippen molar-refractivity contribution >= 4 is 17.5 Å². The molecule has 2 aromatic carbocycles. The van der Waals surface area contributed by atoms with Crippen LogP contribution in [0.15, 0.2) is 36.4 Å². The van der Waals surface area contributed by atoms with Gasteiger partial charge in [0, 0.05) is 22.4 Å². The second kappa shape index (κ2) is 9.98. The van der Waals surface area contributed by atoms with Gasteiger partial charge in [-0.25, -0.2) is 0 Å². The Morgan fingerprint density at radius 1 is 1.14 bits per heavy atom. The van der Waals surface area contributed by atoms with Gasteiger partial charge in [-0.1, -0.05) is 26.7 Å². The number of hydrogen-bond donors (Lipinski definition) is 2. The number of ketones is 1. The fraction of sp³-hybridized carbons (Fsp3) is 0.375. The summed E-state index contributed by atoms with van der Waals surface area (Å²) in [5, 5.41) is 10.8. The summed E-state index contributed by atoms with van der Waals surface area (Å²) in [7, 11) is 0. The third-order valence-electron chi connectivity index (χ3n) is 4.44. The number of phenols is 1. The molecule has 0 aliphatic carbocycles. The van der Waals surface area contributed by atoms with E-state index < -0.39 is 0 Å². The van der Waals surface area contributed by atoms with E-state index in [1.165, 1.54) is 0 Å². The van der Waals surface area contributed by atoms with Gasteiger partial charge in [-0.2, -0.15) is 0 Å². The lowest BCUT2D eigenvalue weighted by molar-refractivity contribution is 0.104. The molecule has 0 heterocycles. The predicted molar refractivity (Wildman–Crippen MR) is 116 cm³/mol. The maximum absolute atomic E-state index is 12.5. The number of nitrogens with two attached hydrogens (primary N) is 1. The van der Waals surface area contributed by atoms with Gasteiger partial charge in [-0.15, -0.1) is 0 Å². The molecule has 0 aromatic heterocycles. The monoisotopic (exact) mass is 381 g/mol. The first-order chi connectivity index (χ1) is 13.4. The zero-order chi connectivity index (χ0) is 20.7. The first kappa shape index (κ1) is 21.5. The van der Waals surface area contributed by atoms with Crippen molar-refractivity contribution in [3.05, 3.63) is 58.7 Å². The van der Waals surface area contributed by atoms with Crippen LogP contribution in [0.25, 0.3) is 6.08 Å². The van der Waals surface area contributed by atoms with Gasteiger partial charge < -0.3 is 15.6 Å². The number of hydrogen-bond acceptors (Lipinski definition) is 4. The SMILES string of the molecule is CCCc1cc(/C=C/C(=O)c2ccc(N)cc2)c(OC(C)C)c(CCC)c1O. The maximum atomic E-state index is 12.5. The van der Waals surface area contributed by atoms with Gasteiger partial charge in [-0.05, 0) is 74.7 Å². The normalized spacial score (nSPS) is 11.3. The Kier molecular flexibility index (Phi) is 7.68. The second-order valence-electron chi connectivity index (χ2n) is 7.27. The lowest BCUT2D eigenvalue weighted by atomic mass is 9.96. The minimum Gasteiger partial charge on any atom is -0.507 e. The van der Waals surface area contributed by atoms with Crippen molar-refractivity contribution in [1.29, 1.82) is 0 Å². The van der Waals surface area contributed by atoms with E-state index >= 15 is 0 Å². The second-order valence-corrected chi connectivity index (χ2v) is 7.27. The van der Waals surface area contributed by atoms with Gasteiger partial charge in [0.25, 0.3) is 0 Å². The molecular formula is C24H31NO3. The molecule has 2 aromatic rings. The summed E-state index contributed by atoms with van der Waals surface area (Å²) in [6.45, 7) is 8.07.